The van der Waals surface area contributed by atoms with E-state index in [1.807, 2.05) is 0 Å². The second-order valence-corrected chi connectivity index (χ2v) is 3.92. The van der Waals surface area contributed by atoms with Crippen molar-refractivity contribution in [1.29, 1.82) is 0 Å². The van der Waals surface area contributed by atoms with Crippen molar-refractivity contribution in [1.82, 2.24) is 20.3 Å². The summed E-state index contributed by atoms with van der Waals surface area (Å²) in [7, 11) is 0. The average Bonchev–Trinajstić information content (AvgIpc) is 2.75. The first-order valence-electron chi connectivity index (χ1n) is 5.21. The Balaban J connectivity index is 2.57. The molecule has 0 bridgehead atoms. The molecule has 1 rings (SSSR count). The van der Waals surface area contributed by atoms with E-state index in [9.17, 15) is 14.7 Å². The molecular formula is C9H15N5O4. The van der Waals surface area contributed by atoms with Gasteiger partial charge in [0.1, 0.15) is 0 Å². The highest BCUT2D eigenvalue weighted by molar-refractivity contribution is 5.92. The van der Waals surface area contributed by atoms with Gasteiger partial charge in [0.25, 0.3) is 5.91 Å². The van der Waals surface area contributed by atoms with Crippen molar-refractivity contribution >= 4 is 11.9 Å². The zero-order chi connectivity index (χ0) is 13.8. The lowest BCUT2D eigenvalue weighted by Gasteiger charge is -2.17. The van der Waals surface area contributed by atoms with Crippen LogP contribution in [0.25, 0.3) is 0 Å². The van der Waals surface area contributed by atoms with Crippen LogP contribution in [0.2, 0.25) is 0 Å². The fourth-order valence-corrected chi connectivity index (χ4v) is 1.06. The van der Waals surface area contributed by atoms with E-state index in [0.717, 1.165) is 6.92 Å². The van der Waals surface area contributed by atoms with E-state index < -0.39 is 24.0 Å². The summed E-state index contributed by atoms with van der Waals surface area (Å²) in [5.74, 6) is -2.03. The Labute approximate surface area is 103 Å². The van der Waals surface area contributed by atoms with Gasteiger partial charge in [0.05, 0.1) is 19.3 Å². The maximum atomic E-state index is 11.6. The zero-order valence-electron chi connectivity index (χ0n) is 9.83. The van der Waals surface area contributed by atoms with Crippen molar-refractivity contribution in [3.8, 4) is 0 Å². The van der Waals surface area contributed by atoms with Crippen molar-refractivity contribution in [3.05, 3.63) is 11.9 Å². The number of nitrogens with one attached hydrogen (secondary N) is 1. The molecule has 9 nitrogen and oxygen atoms in total. The summed E-state index contributed by atoms with van der Waals surface area (Å²) in [5.41, 5.74) is 3.31. The first kappa shape index (κ1) is 14.1. The van der Waals surface area contributed by atoms with Crippen molar-refractivity contribution in [2.75, 3.05) is 13.1 Å². The summed E-state index contributed by atoms with van der Waals surface area (Å²) in [6.45, 7) is 1.44. The lowest BCUT2D eigenvalue weighted by Crippen LogP contribution is -2.46. The molecule has 0 spiro atoms. The van der Waals surface area contributed by atoms with Gasteiger partial charge in [0.15, 0.2) is 11.3 Å². The highest BCUT2D eigenvalue weighted by atomic mass is 16.4. The Morgan fingerprint density at radius 1 is 1.61 bits per heavy atom. The van der Waals surface area contributed by atoms with Crippen LogP contribution < -0.4 is 11.1 Å². The third-order valence-corrected chi connectivity index (χ3v) is 2.18. The summed E-state index contributed by atoms with van der Waals surface area (Å²) in [4.78, 5) is 22.2. The summed E-state index contributed by atoms with van der Waals surface area (Å²) in [5, 5.41) is 27.6. The number of aliphatic carboxylic acids is 1. The normalized spacial score (nSPS) is 13.9. The molecule has 100 valence electrons. The lowest BCUT2D eigenvalue weighted by molar-refractivity contribution is -0.155. The van der Waals surface area contributed by atoms with E-state index in [4.69, 9.17) is 10.8 Å². The van der Waals surface area contributed by atoms with E-state index in [0.29, 0.717) is 13.1 Å². The molecule has 0 aliphatic carbocycles. The summed E-state index contributed by atoms with van der Waals surface area (Å²) in [6.07, 6.45) is 1.39. The molecule has 1 aromatic heterocycles. The Hall–Kier alpha value is -2.00. The van der Waals surface area contributed by atoms with E-state index in [-0.39, 0.29) is 5.69 Å². The second kappa shape index (κ2) is 5.56. The molecule has 1 unspecified atom stereocenters. The van der Waals surface area contributed by atoms with Gasteiger partial charge in [0, 0.05) is 6.54 Å². The number of nitrogens with two attached hydrogens (primary N) is 1. The Morgan fingerprint density at radius 3 is 2.83 bits per heavy atom. The van der Waals surface area contributed by atoms with Crippen LogP contribution in [-0.2, 0) is 11.3 Å². The van der Waals surface area contributed by atoms with E-state index in [1.54, 1.807) is 0 Å². The van der Waals surface area contributed by atoms with Gasteiger partial charge in [-0.2, -0.15) is 0 Å². The van der Waals surface area contributed by atoms with Crippen LogP contribution >= 0.6 is 0 Å². The van der Waals surface area contributed by atoms with Gasteiger partial charge >= 0.3 is 5.97 Å². The molecule has 0 aromatic carbocycles. The Morgan fingerprint density at radius 2 is 2.28 bits per heavy atom. The number of amides is 1. The molecule has 18 heavy (non-hydrogen) atoms. The van der Waals surface area contributed by atoms with E-state index >= 15 is 0 Å². The molecule has 1 atom stereocenters. The maximum Gasteiger partial charge on any atom is 0.337 e. The molecule has 9 heteroatoms. The van der Waals surface area contributed by atoms with Crippen LogP contribution in [0.3, 0.4) is 0 Å². The minimum atomic E-state index is -2.02. The molecule has 0 aliphatic rings. The third kappa shape index (κ3) is 3.50. The molecule has 0 saturated heterocycles. The summed E-state index contributed by atoms with van der Waals surface area (Å²) in [6, 6.07) is 0. The average molecular weight is 257 g/mol. The highest BCUT2D eigenvalue weighted by Gasteiger charge is 2.30. The van der Waals surface area contributed by atoms with Crippen LogP contribution in [0.4, 0.5) is 0 Å². The molecule has 0 fully saturated rings. The van der Waals surface area contributed by atoms with Crippen molar-refractivity contribution in [2.24, 2.45) is 5.73 Å². The first-order valence-corrected chi connectivity index (χ1v) is 5.21. The molecule has 0 saturated carbocycles. The van der Waals surface area contributed by atoms with E-state index in [2.05, 4.69) is 15.6 Å². The largest absolute Gasteiger partial charge is 0.479 e. The molecule has 1 amide bonds. The number of rotatable bonds is 6. The minimum Gasteiger partial charge on any atom is -0.479 e. The molecule has 0 radical (unpaired) electrons. The van der Waals surface area contributed by atoms with Crippen molar-refractivity contribution < 1.29 is 19.8 Å². The third-order valence-electron chi connectivity index (χ3n) is 2.18. The smallest absolute Gasteiger partial charge is 0.337 e. The van der Waals surface area contributed by atoms with Crippen LogP contribution in [0, 0.1) is 0 Å². The van der Waals surface area contributed by atoms with Gasteiger partial charge < -0.3 is 21.3 Å². The number of carboxylic acid groups (broad SMARTS) is 1. The predicted molar refractivity (Wildman–Crippen MR) is 59.7 cm³/mol. The quantitative estimate of drug-likeness (QED) is 0.452. The topological polar surface area (TPSA) is 143 Å². The predicted octanol–water partition coefficient (Wildman–Crippen LogP) is -2.20. The minimum absolute atomic E-state index is 0.0321. The molecule has 5 N–H and O–H groups in total. The van der Waals surface area contributed by atoms with Crippen LogP contribution in [0.15, 0.2) is 6.20 Å². The number of hydrogen-bond donors (Lipinski definition) is 4. The van der Waals surface area contributed by atoms with Crippen molar-refractivity contribution in [3.63, 3.8) is 0 Å². The first-order chi connectivity index (χ1) is 8.36. The number of nitrogens with zero attached hydrogens (tertiary/aromatic N) is 3. The van der Waals surface area contributed by atoms with Gasteiger partial charge in [-0.05, 0) is 6.92 Å². The van der Waals surface area contributed by atoms with Crippen LogP contribution in [0.5, 0.6) is 0 Å². The summed E-state index contributed by atoms with van der Waals surface area (Å²) >= 11 is 0. The standard InChI is InChI=1S/C9H15N5O4/c1-9(18,8(16)17)5-11-7(15)6-4-14(3-2-10)13-12-6/h4,18H,2-3,5,10H2,1H3,(H,11,15)(H,16,17). The number of carboxylic acids is 1. The highest BCUT2D eigenvalue weighted by Crippen LogP contribution is 2.01. The maximum absolute atomic E-state index is 11.6. The number of aliphatic hydroxyl groups is 1. The van der Waals surface area contributed by atoms with Crippen LogP contribution in [-0.4, -0.2) is 55.8 Å². The fourth-order valence-electron chi connectivity index (χ4n) is 1.06. The SMILES string of the molecule is CC(O)(CNC(=O)c1cn(CCN)nn1)C(=O)O. The molecule has 1 aromatic rings. The zero-order valence-corrected chi connectivity index (χ0v) is 9.83. The Bertz CT molecular complexity index is 442. The number of aromatic nitrogens is 3. The van der Waals surface area contributed by atoms with Gasteiger partial charge in [0.2, 0.25) is 0 Å². The van der Waals surface area contributed by atoms with Gasteiger partial charge in [-0.25, -0.2) is 4.79 Å². The second-order valence-electron chi connectivity index (χ2n) is 3.92. The van der Waals surface area contributed by atoms with Gasteiger partial charge in [-0.15, -0.1) is 5.10 Å². The number of hydrogen-bond acceptors (Lipinski definition) is 6. The van der Waals surface area contributed by atoms with Gasteiger partial charge in [-0.3, -0.25) is 9.48 Å². The lowest BCUT2D eigenvalue weighted by atomic mass is 10.1. The molecular weight excluding hydrogens is 242 g/mol. The fraction of sp³-hybridized carbons (Fsp3) is 0.556. The van der Waals surface area contributed by atoms with Crippen molar-refractivity contribution in [2.45, 2.75) is 19.1 Å². The van der Waals surface area contributed by atoms with Gasteiger partial charge in [-0.1, -0.05) is 5.21 Å². The molecule has 0 aliphatic heterocycles. The van der Waals surface area contributed by atoms with Crippen LogP contribution in [0.1, 0.15) is 17.4 Å². The Kier molecular flexibility index (Phi) is 4.34. The number of carbonyl (C=O) groups excluding carboxylic acids is 1. The number of carbonyl (C=O) groups is 2. The molecule has 1 heterocycles. The monoisotopic (exact) mass is 257 g/mol. The summed E-state index contributed by atoms with van der Waals surface area (Å²) < 4.78 is 1.39. The van der Waals surface area contributed by atoms with E-state index in [1.165, 1.54) is 10.9 Å².